The first-order valence-corrected chi connectivity index (χ1v) is 12.1. The van der Waals surface area contributed by atoms with Crippen LogP contribution in [0.1, 0.15) is 62.2 Å². The smallest absolute Gasteiger partial charge is 0.260 e. The standard InChI is InChI=1S/C24H28ClN7O2/c1-3-32-22-15(12-27-24(30-22)29-17-7-5-16(26)6-8-17)10-19(23(32)33)18-9-4-14(11-20(18)25)21-28-13(2)34-31-21/h4,9-10,12,14,16-17H,3,5-8,11,26H2,1-2H3,(H,27,29,30). The molecule has 0 saturated heterocycles. The van der Waals surface area contributed by atoms with E-state index in [1.54, 1.807) is 17.7 Å². The minimum atomic E-state index is -0.130. The maximum Gasteiger partial charge on any atom is 0.260 e. The highest BCUT2D eigenvalue weighted by atomic mass is 35.5. The zero-order chi connectivity index (χ0) is 23.8. The molecule has 1 fully saturated rings. The van der Waals surface area contributed by atoms with E-state index in [1.807, 2.05) is 25.1 Å². The summed E-state index contributed by atoms with van der Waals surface area (Å²) >= 11 is 6.68. The summed E-state index contributed by atoms with van der Waals surface area (Å²) in [5, 5.41) is 8.79. The fourth-order valence-electron chi connectivity index (χ4n) is 4.71. The number of halogens is 1. The number of pyridine rings is 1. The van der Waals surface area contributed by atoms with Crippen molar-refractivity contribution in [3.8, 4) is 0 Å². The second kappa shape index (κ2) is 9.31. The van der Waals surface area contributed by atoms with Crippen LogP contribution < -0.4 is 16.6 Å². The van der Waals surface area contributed by atoms with Gasteiger partial charge in [-0.15, -0.1) is 0 Å². The number of allylic oxidation sites excluding steroid dienone is 4. The summed E-state index contributed by atoms with van der Waals surface area (Å²) < 4.78 is 6.77. The molecule has 0 radical (unpaired) electrons. The third kappa shape index (κ3) is 4.37. The Hall–Kier alpha value is -3.04. The molecule has 3 heterocycles. The van der Waals surface area contributed by atoms with Gasteiger partial charge in [0.1, 0.15) is 5.65 Å². The summed E-state index contributed by atoms with van der Waals surface area (Å²) in [7, 11) is 0. The molecular weight excluding hydrogens is 454 g/mol. The highest BCUT2D eigenvalue weighted by Gasteiger charge is 2.24. The number of nitrogens with zero attached hydrogens (tertiary/aromatic N) is 5. The predicted octanol–water partition coefficient (Wildman–Crippen LogP) is 3.88. The van der Waals surface area contributed by atoms with Gasteiger partial charge in [-0.2, -0.15) is 9.97 Å². The van der Waals surface area contributed by atoms with Crippen molar-refractivity contribution in [1.29, 1.82) is 0 Å². The molecule has 0 spiro atoms. The normalized spacial score (nSPS) is 23.0. The number of fused-ring (bicyclic) bond motifs is 1. The number of nitrogens with two attached hydrogens (primary N) is 1. The first kappa shape index (κ1) is 22.7. The molecule has 1 atom stereocenters. The minimum Gasteiger partial charge on any atom is -0.351 e. The monoisotopic (exact) mass is 481 g/mol. The Morgan fingerprint density at radius 1 is 1.26 bits per heavy atom. The molecule has 34 heavy (non-hydrogen) atoms. The highest BCUT2D eigenvalue weighted by molar-refractivity contribution is 6.33. The molecule has 178 valence electrons. The van der Waals surface area contributed by atoms with Gasteiger partial charge in [-0.3, -0.25) is 9.36 Å². The largest absolute Gasteiger partial charge is 0.351 e. The molecule has 0 bridgehead atoms. The average molecular weight is 482 g/mol. The lowest BCUT2D eigenvalue weighted by atomic mass is 9.92. The molecule has 1 unspecified atom stereocenters. The van der Waals surface area contributed by atoms with Crippen molar-refractivity contribution in [2.75, 3.05) is 5.32 Å². The number of anilines is 1. The summed E-state index contributed by atoms with van der Waals surface area (Å²) in [5.41, 5.74) is 7.73. The van der Waals surface area contributed by atoms with Gasteiger partial charge in [0.2, 0.25) is 11.8 Å². The van der Waals surface area contributed by atoms with Gasteiger partial charge < -0.3 is 15.6 Å². The van der Waals surface area contributed by atoms with Crippen molar-refractivity contribution in [2.24, 2.45) is 5.73 Å². The van der Waals surface area contributed by atoms with E-state index in [4.69, 9.17) is 26.8 Å². The zero-order valence-electron chi connectivity index (χ0n) is 19.3. The maximum atomic E-state index is 13.5. The van der Waals surface area contributed by atoms with Crippen LogP contribution in [0.15, 0.2) is 38.8 Å². The van der Waals surface area contributed by atoms with E-state index in [-0.39, 0.29) is 17.5 Å². The SMILES string of the molecule is CCn1c(=O)c(C2=C(Cl)CC(c3noc(C)n3)C=C2)cc2cnc(NC3CCC(N)CC3)nc21. The molecule has 0 aliphatic heterocycles. The Morgan fingerprint density at radius 2 is 2.06 bits per heavy atom. The van der Waals surface area contributed by atoms with Gasteiger partial charge in [-0.1, -0.05) is 28.9 Å². The zero-order valence-corrected chi connectivity index (χ0v) is 20.0. The van der Waals surface area contributed by atoms with E-state index in [0.29, 0.717) is 58.5 Å². The van der Waals surface area contributed by atoms with Gasteiger partial charge in [-0.05, 0) is 45.1 Å². The molecule has 3 aromatic rings. The van der Waals surface area contributed by atoms with Crippen LogP contribution in [0.5, 0.6) is 0 Å². The lowest BCUT2D eigenvalue weighted by Crippen LogP contribution is -2.33. The van der Waals surface area contributed by atoms with E-state index in [2.05, 4.69) is 20.4 Å². The van der Waals surface area contributed by atoms with Gasteiger partial charge in [0.25, 0.3) is 5.56 Å². The van der Waals surface area contributed by atoms with E-state index in [0.717, 1.165) is 31.1 Å². The number of aromatic nitrogens is 5. The van der Waals surface area contributed by atoms with Crippen molar-refractivity contribution >= 4 is 34.2 Å². The quantitative estimate of drug-likeness (QED) is 0.562. The van der Waals surface area contributed by atoms with Gasteiger partial charge in [0, 0.05) is 59.2 Å². The summed E-state index contributed by atoms with van der Waals surface area (Å²) in [6.07, 6.45) is 10.1. The summed E-state index contributed by atoms with van der Waals surface area (Å²) in [4.78, 5) is 27.0. The summed E-state index contributed by atoms with van der Waals surface area (Å²) in [5.74, 6) is 1.55. The topological polar surface area (TPSA) is 125 Å². The maximum absolute atomic E-state index is 13.5. The van der Waals surface area contributed by atoms with E-state index in [9.17, 15) is 4.79 Å². The number of rotatable bonds is 5. The molecular formula is C24H28ClN7O2. The van der Waals surface area contributed by atoms with Crippen molar-refractivity contribution in [3.05, 3.63) is 57.1 Å². The molecule has 0 aromatic carbocycles. The Morgan fingerprint density at radius 3 is 2.74 bits per heavy atom. The molecule has 1 saturated carbocycles. The molecule has 5 rings (SSSR count). The van der Waals surface area contributed by atoms with E-state index in [1.165, 1.54) is 0 Å². The Kier molecular flexibility index (Phi) is 6.22. The van der Waals surface area contributed by atoms with Crippen LogP contribution in [0.2, 0.25) is 0 Å². The molecule has 0 amide bonds. The number of aryl methyl sites for hydroxylation is 2. The Balaban J connectivity index is 1.46. The predicted molar refractivity (Wildman–Crippen MR) is 132 cm³/mol. The first-order chi connectivity index (χ1) is 16.4. The van der Waals surface area contributed by atoms with E-state index >= 15 is 0 Å². The number of hydrogen-bond acceptors (Lipinski definition) is 8. The molecule has 3 N–H and O–H groups in total. The van der Waals surface area contributed by atoms with Crippen LogP contribution in [-0.4, -0.2) is 36.8 Å². The Labute approximate surface area is 202 Å². The van der Waals surface area contributed by atoms with Gasteiger partial charge in [0.05, 0.1) is 0 Å². The van der Waals surface area contributed by atoms with Crippen LogP contribution in [0.3, 0.4) is 0 Å². The molecule has 10 heteroatoms. The van der Waals surface area contributed by atoms with Crippen LogP contribution >= 0.6 is 11.6 Å². The van der Waals surface area contributed by atoms with E-state index < -0.39 is 0 Å². The van der Waals surface area contributed by atoms with Crippen LogP contribution in [0.4, 0.5) is 5.95 Å². The average Bonchev–Trinajstić information content (AvgIpc) is 3.27. The summed E-state index contributed by atoms with van der Waals surface area (Å²) in [6.45, 7) is 4.17. The highest BCUT2D eigenvalue weighted by Crippen LogP contribution is 2.36. The van der Waals surface area contributed by atoms with Crippen LogP contribution in [0.25, 0.3) is 16.6 Å². The fraction of sp³-hybridized carbons (Fsp3) is 0.458. The lowest BCUT2D eigenvalue weighted by Gasteiger charge is -2.26. The number of nitrogens with one attached hydrogen (secondary N) is 1. The third-order valence-electron chi connectivity index (χ3n) is 6.60. The Bertz CT molecular complexity index is 1330. The summed E-state index contributed by atoms with van der Waals surface area (Å²) in [6, 6.07) is 2.40. The van der Waals surface area contributed by atoms with Crippen molar-refractivity contribution < 1.29 is 4.52 Å². The van der Waals surface area contributed by atoms with Gasteiger partial charge in [-0.25, -0.2) is 4.98 Å². The second-order valence-corrected chi connectivity index (χ2v) is 9.45. The lowest BCUT2D eigenvalue weighted by molar-refractivity contribution is 0.385. The molecule has 3 aromatic heterocycles. The minimum absolute atomic E-state index is 0.0890. The molecule has 2 aliphatic carbocycles. The fourth-order valence-corrected chi connectivity index (χ4v) is 5.04. The van der Waals surface area contributed by atoms with Crippen molar-refractivity contribution in [2.45, 2.75) is 70.5 Å². The second-order valence-electron chi connectivity index (χ2n) is 9.00. The van der Waals surface area contributed by atoms with Gasteiger partial charge >= 0.3 is 0 Å². The van der Waals surface area contributed by atoms with Gasteiger partial charge in [0.15, 0.2) is 5.82 Å². The van der Waals surface area contributed by atoms with Crippen LogP contribution in [0, 0.1) is 6.92 Å². The number of hydrogen-bond donors (Lipinski definition) is 2. The molecule has 9 nitrogen and oxygen atoms in total. The first-order valence-electron chi connectivity index (χ1n) is 11.7. The van der Waals surface area contributed by atoms with Crippen molar-refractivity contribution in [3.63, 3.8) is 0 Å². The van der Waals surface area contributed by atoms with Crippen LogP contribution in [-0.2, 0) is 6.54 Å². The van der Waals surface area contributed by atoms with Crippen molar-refractivity contribution in [1.82, 2.24) is 24.7 Å². The third-order valence-corrected chi connectivity index (χ3v) is 6.96. The molecule has 2 aliphatic rings.